The molecule has 2 N–H and O–H groups in total. The van der Waals surface area contributed by atoms with Gasteiger partial charge in [-0.1, -0.05) is 20.8 Å². The fourth-order valence-corrected chi connectivity index (χ4v) is 4.17. The summed E-state index contributed by atoms with van der Waals surface area (Å²) in [6.07, 6.45) is 4.86. The smallest absolute Gasteiger partial charge is 0.279 e. The van der Waals surface area contributed by atoms with Crippen LogP contribution in [0.4, 0.5) is 5.95 Å². The Kier molecular flexibility index (Phi) is 4.94. The van der Waals surface area contributed by atoms with Crippen molar-refractivity contribution in [3.05, 3.63) is 33.6 Å². The summed E-state index contributed by atoms with van der Waals surface area (Å²) in [7, 11) is 1.53. The van der Waals surface area contributed by atoms with Crippen LogP contribution in [0.3, 0.4) is 0 Å². The minimum atomic E-state index is -0.168. The Hall–Kier alpha value is -2.15. The number of rotatable bonds is 4. The number of nitrogens with one attached hydrogen (secondary N) is 2. The molecule has 2 aromatic rings. The van der Waals surface area contributed by atoms with Crippen molar-refractivity contribution in [2.75, 3.05) is 12.5 Å². The van der Waals surface area contributed by atoms with E-state index in [4.69, 9.17) is 4.74 Å². The van der Waals surface area contributed by atoms with Crippen LogP contribution < -0.4 is 15.6 Å². The average molecular weight is 360 g/mol. The first-order valence-corrected chi connectivity index (χ1v) is 9.23. The maximum absolute atomic E-state index is 12.4. The Morgan fingerprint density at radius 1 is 1.40 bits per heavy atom. The Balaban J connectivity index is 1.65. The minimum Gasteiger partial charge on any atom is -0.481 e. The molecule has 2 heterocycles. The molecule has 3 rings (SSSR count). The Labute approximate surface area is 152 Å². The first kappa shape index (κ1) is 17.7. The van der Waals surface area contributed by atoms with Crippen LogP contribution in [-0.4, -0.2) is 23.0 Å². The molecule has 2 aromatic heterocycles. The number of methoxy groups -OCH3 is 1. The number of hydrogen-bond donors (Lipinski definition) is 2. The number of amides is 1. The van der Waals surface area contributed by atoms with Gasteiger partial charge >= 0.3 is 0 Å². The first-order valence-electron chi connectivity index (χ1n) is 8.42. The summed E-state index contributed by atoms with van der Waals surface area (Å²) < 4.78 is 5.04. The summed E-state index contributed by atoms with van der Waals surface area (Å²) in [5.41, 5.74) is 7.01. The highest BCUT2D eigenvalue weighted by atomic mass is 32.1. The minimum absolute atomic E-state index is 0.168. The van der Waals surface area contributed by atoms with Gasteiger partial charge in [0.15, 0.2) is 0 Å². The molecule has 0 spiro atoms. The van der Waals surface area contributed by atoms with E-state index in [0.717, 1.165) is 17.7 Å². The van der Waals surface area contributed by atoms with E-state index in [1.165, 1.54) is 24.0 Å². The lowest BCUT2D eigenvalue weighted by molar-refractivity contribution is 0.0966. The molecule has 25 heavy (non-hydrogen) atoms. The molecule has 7 heteroatoms. The van der Waals surface area contributed by atoms with E-state index in [9.17, 15) is 4.79 Å². The first-order chi connectivity index (χ1) is 11.9. The lowest BCUT2D eigenvalue weighted by atomic mass is 9.72. The predicted molar refractivity (Wildman–Crippen MR) is 99.0 cm³/mol. The zero-order valence-electron chi connectivity index (χ0n) is 15.0. The monoisotopic (exact) mass is 360 g/mol. The van der Waals surface area contributed by atoms with Gasteiger partial charge in [-0.3, -0.25) is 15.6 Å². The van der Waals surface area contributed by atoms with Crippen LogP contribution in [-0.2, 0) is 12.8 Å². The molecule has 0 aromatic carbocycles. The lowest BCUT2D eigenvalue weighted by Gasteiger charge is -2.33. The van der Waals surface area contributed by atoms with Gasteiger partial charge in [0.25, 0.3) is 5.91 Å². The second-order valence-electron chi connectivity index (χ2n) is 7.37. The number of hydrazine groups is 1. The fraction of sp³-hybridized carbons (Fsp3) is 0.500. The van der Waals surface area contributed by atoms with Crippen LogP contribution in [0.15, 0.2) is 18.3 Å². The van der Waals surface area contributed by atoms with Crippen molar-refractivity contribution in [2.45, 2.75) is 40.0 Å². The van der Waals surface area contributed by atoms with Gasteiger partial charge in [-0.05, 0) is 42.2 Å². The molecule has 0 bridgehead atoms. The van der Waals surface area contributed by atoms with Crippen molar-refractivity contribution in [3.63, 3.8) is 0 Å². The Morgan fingerprint density at radius 3 is 2.92 bits per heavy atom. The lowest BCUT2D eigenvalue weighted by Crippen LogP contribution is -2.29. The highest BCUT2D eigenvalue weighted by Gasteiger charge is 2.30. The van der Waals surface area contributed by atoms with Gasteiger partial charge in [0, 0.05) is 17.1 Å². The van der Waals surface area contributed by atoms with Gasteiger partial charge in [0.1, 0.15) is 0 Å². The fourth-order valence-electron chi connectivity index (χ4n) is 3.07. The van der Waals surface area contributed by atoms with Gasteiger partial charge in [-0.2, -0.15) is 4.98 Å². The number of nitrogens with zero attached hydrogens (tertiary/aromatic N) is 2. The molecule has 0 aliphatic heterocycles. The van der Waals surface area contributed by atoms with Crippen LogP contribution in [0.25, 0.3) is 0 Å². The van der Waals surface area contributed by atoms with Crippen molar-refractivity contribution < 1.29 is 9.53 Å². The van der Waals surface area contributed by atoms with Gasteiger partial charge in [0.2, 0.25) is 11.8 Å². The number of ether oxygens (including phenoxy) is 1. The Bertz CT molecular complexity index is 767. The van der Waals surface area contributed by atoms with E-state index in [0.29, 0.717) is 23.2 Å². The molecular formula is C18H24N4O2S. The molecule has 134 valence electrons. The largest absolute Gasteiger partial charge is 0.481 e. The number of fused-ring (bicyclic) bond motifs is 1. The van der Waals surface area contributed by atoms with Gasteiger partial charge < -0.3 is 4.74 Å². The van der Waals surface area contributed by atoms with E-state index < -0.39 is 0 Å². The molecule has 1 aliphatic carbocycles. The molecule has 6 nitrogen and oxygen atoms in total. The molecule has 1 amide bonds. The SMILES string of the molecule is COc1ccnc(NNC(=O)c2cc3c(s2)CCC(C(C)(C)C)C3)n1. The molecule has 0 radical (unpaired) electrons. The number of aryl methyl sites for hydroxylation is 1. The number of anilines is 1. The summed E-state index contributed by atoms with van der Waals surface area (Å²) in [5.74, 6) is 1.22. The van der Waals surface area contributed by atoms with E-state index in [1.807, 2.05) is 6.07 Å². The maximum Gasteiger partial charge on any atom is 0.279 e. The zero-order chi connectivity index (χ0) is 18.0. The van der Waals surface area contributed by atoms with Crippen LogP contribution >= 0.6 is 11.3 Å². The number of hydrogen-bond acceptors (Lipinski definition) is 6. The van der Waals surface area contributed by atoms with Gasteiger partial charge in [-0.15, -0.1) is 11.3 Å². The molecule has 0 saturated heterocycles. The number of aromatic nitrogens is 2. The van der Waals surface area contributed by atoms with Crippen LogP contribution in [0.5, 0.6) is 5.88 Å². The summed E-state index contributed by atoms with van der Waals surface area (Å²) in [5, 5.41) is 0. The highest BCUT2D eigenvalue weighted by molar-refractivity contribution is 7.14. The predicted octanol–water partition coefficient (Wildman–Crippen LogP) is 3.45. The van der Waals surface area contributed by atoms with Gasteiger partial charge in [0.05, 0.1) is 12.0 Å². The summed E-state index contributed by atoms with van der Waals surface area (Å²) in [6, 6.07) is 3.67. The second-order valence-corrected chi connectivity index (χ2v) is 8.50. The normalized spacial score (nSPS) is 16.9. The molecule has 0 saturated carbocycles. The molecule has 1 atom stereocenters. The van der Waals surface area contributed by atoms with Crippen LogP contribution in [0.2, 0.25) is 0 Å². The van der Waals surface area contributed by atoms with Gasteiger partial charge in [-0.25, -0.2) is 4.98 Å². The maximum atomic E-state index is 12.4. The summed E-state index contributed by atoms with van der Waals surface area (Å²) in [6.45, 7) is 6.88. The highest BCUT2D eigenvalue weighted by Crippen LogP contribution is 2.40. The summed E-state index contributed by atoms with van der Waals surface area (Å²) in [4.78, 5) is 22.6. The molecule has 0 fully saturated rings. The average Bonchev–Trinajstić information content (AvgIpc) is 3.02. The number of thiophene rings is 1. The molecule has 1 unspecified atom stereocenters. The van der Waals surface area contributed by atoms with Crippen LogP contribution in [0, 0.1) is 11.3 Å². The zero-order valence-corrected chi connectivity index (χ0v) is 15.9. The number of carbonyl (C=O) groups is 1. The van der Waals surface area contributed by atoms with Crippen molar-refractivity contribution >= 4 is 23.2 Å². The van der Waals surface area contributed by atoms with E-state index in [2.05, 4.69) is 41.6 Å². The van der Waals surface area contributed by atoms with Crippen molar-refractivity contribution in [2.24, 2.45) is 11.3 Å². The van der Waals surface area contributed by atoms with Crippen molar-refractivity contribution in [1.29, 1.82) is 0 Å². The van der Waals surface area contributed by atoms with E-state index >= 15 is 0 Å². The van der Waals surface area contributed by atoms with E-state index in [-0.39, 0.29) is 5.91 Å². The standard InChI is InChI=1S/C18H24N4O2S/c1-18(2,3)12-5-6-13-11(9-12)10-14(25-13)16(23)21-22-17-19-8-7-15(20-17)24-4/h7-8,10,12H,5-6,9H2,1-4H3,(H,21,23)(H,19,20,22). The quantitative estimate of drug-likeness (QED) is 0.817. The third-order valence-corrected chi connectivity index (χ3v) is 5.89. The topological polar surface area (TPSA) is 76.1 Å². The third-order valence-electron chi connectivity index (χ3n) is 4.66. The Morgan fingerprint density at radius 2 is 2.20 bits per heavy atom. The summed E-state index contributed by atoms with van der Waals surface area (Å²) >= 11 is 1.58. The van der Waals surface area contributed by atoms with Crippen molar-refractivity contribution in [3.8, 4) is 5.88 Å². The molecule has 1 aliphatic rings. The number of carbonyl (C=O) groups excluding carboxylic acids is 1. The van der Waals surface area contributed by atoms with Crippen molar-refractivity contribution in [1.82, 2.24) is 15.4 Å². The second kappa shape index (κ2) is 7.00. The third kappa shape index (κ3) is 4.10. The molecular weight excluding hydrogens is 336 g/mol. The van der Waals surface area contributed by atoms with E-state index in [1.54, 1.807) is 23.6 Å². The van der Waals surface area contributed by atoms with Crippen LogP contribution in [0.1, 0.15) is 47.3 Å².